The molecule has 0 bridgehead atoms. The third-order valence-electron chi connectivity index (χ3n) is 4.66. The second-order valence-corrected chi connectivity index (χ2v) is 6.40. The highest BCUT2D eigenvalue weighted by molar-refractivity contribution is 4.68. The molecule has 20 heavy (non-hydrogen) atoms. The third-order valence-corrected chi connectivity index (χ3v) is 4.66. The zero-order valence-corrected chi connectivity index (χ0v) is 14.4. The number of nitrogens with two attached hydrogens (primary N) is 1. The number of hydrogen-bond acceptors (Lipinski definition) is 2. The van der Waals surface area contributed by atoms with E-state index >= 15 is 0 Å². The maximum absolute atomic E-state index is 5.69. The molecule has 0 aliphatic rings. The van der Waals surface area contributed by atoms with Crippen molar-refractivity contribution < 1.29 is 0 Å². The Morgan fingerprint density at radius 2 is 1.25 bits per heavy atom. The molecule has 0 saturated carbocycles. The number of nitrogens with one attached hydrogen (secondary N) is 1. The van der Waals surface area contributed by atoms with Crippen LogP contribution in [0, 0.1) is 5.92 Å². The summed E-state index contributed by atoms with van der Waals surface area (Å²) in [6.07, 6.45) is 17.7. The Kier molecular flexibility index (Phi) is 15.3. The highest BCUT2D eigenvalue weighted by atomic mass is 15.2. The van der Waals surface area contributed by atoms with Crippen LogP contribution < -0.4 is 11.3 Å². The average Bonchev–Trinajstić information content (AvgIpc) is 2.48. The van der Waals surface area contributed by atoms with E-state index in [4.69, 9.17) is 5.84 Å². The molecule has 0 fully saturated rings. The molecule has 0 radical (unpaired) electrons. The van der Waals surface area contributed by atoms with Crippen molar-refractivity contribution in [2.24, 2.45) is 11.8 Å². The molecule has 0 rings (SSSR count). The molecule has 0 aliphatic carbocycles. The van der Waals surface area contributed by atoms with E-state index in [0.717, 1.165) is 5.92 Å². The van der Waals surface area contributed by atoms with Gasteiger partial charge in [0.15, 0.2) is 0 Å². The lowest BCUT2D eigenvalue weighted by molar-refractivity contribution is 0.346. The summed E-state index contributed by atoms with van der Waals surface area (Å²) in [5.74, 6) is 6.53. The van der Waals surface area contributed by atoms with Crippen molar-refractivity contribution in [2.75, 3.05) is 0 Å². The van der Waals surface area contributed by atoms with Gasteiger partial charge >= 0.3 is 0 Å². The van der Waals surface area contributed by atoms with Gasteiger partial charge in [-0.15, -0.1) is 0 Å². The molecule has 3 N–H and O–H groups in total. The van der Waals surface area contributed by atoms with Gasteiger partial charge in [-0.1, -0.05) is 91.4 Å². The molecule has 1 atom stereocenters. The first-order chi connectivity index (χ1) is 9.78. The van der Waals surface area contributed by atoms with Crippen LogP contribution in [-0.4, -0.2) is 6.04 Å². The largest absolute Gasteiger partial charge is 0.271 e. The fourth-order valence-electron chi connectivity index (χ4n) is 3.00. The monoisotopic (exact) mass is 284 g/mol. The third kappa shape index (κ3) is 11.7. The molecule has 1 unspecified atom stereocenters. The van der Waals surface area contributed by atoms with Crippen LogP contribution in [0.1, 0.15) is 104 Å². The van der Waals surface area contributed by atoms with Crippen molar-refractivity contribution >= 4 is 0 Å². The molecule has 2 heteroatoms. The lowest BCUT2D eigenvalue weighted by atomic mass is 9.92. The second kappa shape index (κ2) is 15.3. The summed E-state index contributed by atoms with van der Waals surface area (Å²) in [4.78, 5) is 0. The normalized spacial score (nSPS) is 13.1. The lowest BCUT2D eigenvalue weighted by Gasteiger charge is -2.21. The van der Waals surface area contributed by atoms with E-state index in [1.54, 1.807) is 0 Å². The van der Waals surface area contributed by atoms with Crippen LogP contribution in [-0.2, 0) is 0 Å². The van der Waals surface area contributed by atoms with Gasteiger partial charge in [0.25, 0.3) is 0 Å². The van der Waals surface area contributed by atoms with Gasteiger partial charge in [-0.3, -0.25) is 11.3 Å². The molecular formula is C18H40N2. The molecule has 0 aromatic rings. The molecule has 0 amide bonds. The van der Waals surface area contributed by atoms with Gasteiger partial charge in [0.1, 0.15) is 0 Å². The summed E-state index contributed by atoms with van der Waals surface area (Å²) in [7, 11) is 0. The van der Waals surface area contributed by atoms with Crippen LogP contribution in [0.3, 0.4) is 0 Å². The summed E-state index contributed by atoms with van der Waals surface area (Å²) >= 11 is 0. The summed E-state index contributed by atoms with van der Waals surface area (Å²) < 4.78 is 0. The van der Waals surface area contributed by atoms with Crippen molar-refractivity contribution in [1.82, 2.24) is 5.43 Å². The van der Waals surface area contributed by atoms with E-state index in [9.17, 15) is 0 Å². The van der Waals surface area contributed by atoms with Crippen LogP contribution in [0.2, 0.25) is 0 Å². The topological polar surface area (TPSA) is 38.0 Å². The SMILES string of the molecule is CCCCCCCCCCCC(CC(CC)CC)NN. The van der Waals surface area contributed by atoms with Gasteiger partial charge in [-0.2, -0.15) is 0 Å². The van der Waals surface area contributed by atoms with Gasteiger partial charge in [0, 0.05) is 6.04 Å². The highest BCUT2D eigenvalue weighted by Gasteiger charge is 2.12. The van der Waals surface area contributed by atoms with Gasteiger partial charge in [-0.05, 0) is 18.8 Å². The molecular weight excluding hydrogens is 244 g/mol. The number of hydrogen-bond donors (Lipinski definition) is 2. The molecule has 0 aromatic carbocycles. The Balaban J connectivity index is 3.42. The Labute approximate surface area is 128 Å². The lowest BCUT2D eigenvalue weighted by Crippen LogP contribution is -2.36. The Bertz CT molecular complexity index is 178. The van der Waals surface area contributed by atoms with E-state index in [1.165, 1.54) is 83.5 Å². The zero-order valence-electron chi connectivity index (χ0n) is 14.4. The van der Waals surface area contributed by atoms with Crippen LogP contribution >= 0.6 is 0 Å². The van der Waals surface area contributed by atoms with E-state index in [2.05, 4.69) is 26.2 Å². The highest BCUT2D eigenvalue weighted by Crippen LogP contribution is 2.18. The predicted molar refractivity (Wildman–Crippen MR) is 91.6 cm³/mol. The number of rotatable bonds is 15. The fourth-order valence-corrected chi connectivity index (χ4v) is 3.00. The van der Waals surface area contributed by atoms with E-state index in [0.29, 0.717) is 6.04 Å². The average molecular weight is 285 g/mol. The zero-order chi connectivity index (χ0) is 15.1. The van der Waals surface area contributed by atoms with Gasteiger partial charge < -0.3 is 0 Å². The first-order valence-electron chi connectivity index (χ1n) is 9.24. The Morgan fingerprint density at radius 1 is 0.750 bits per heavy atom. The van der Waals surface area contributed by atoms with Crippen molar-refractivity contribution in [2.45, 2.75) is 110 Å². The van der Waals surface area contributed by atoms with Crippen LogP contribution in [0.15, 0.2) is 0 Å². The summed E-state index contributed by atoms with van der Waals surface area (Å²) in [6.45, 7) is 6.87. The van der Waals surface area contributed by atoms with Crippen molar-refractivity contribution in [3.05, 3.63) is 0 Å². The van der Waals surface area contributed by atoms with Crippen LogP contribution in [0.5, 0.6) is 0 Å². The Hall–Kier alpha value is -0.0800. The van der Waals surface area contributed by atoms with Crippen LogP contribution in [0.25, 0.3) is 0 Å². The standard InChI is InChI=1S/C18H40N2/c1-4-7-8-9-10-11-12-13-14-15-18(20-19)16-17(5-2)6-3/h17-18,20H,4-16,19H2,1-3H3. The molecule has 2 nitrogen and oxygen atoms in total. The molecule has 0 spiro atoms. The minimum atomic E-state index is 0.532. The fraction of sp³-hybridized carbons (Fsp3) is 1.00. The first-order valence-corrected chi connectivity index (χ1v) is 9.24. The van der Waals surface area contributed by atoms with E-state index in [-0.39, 0.29) is 0 Å². The molecule has 0 heterocycles. The summed E-state index contributed by atoms with van der Waals surface area (Å²) in [5, 5.41) is 0. The van der Waals surface area contributed by atoms with Crippen molar-refractivity contribution in [1.29, 1.82) is 0 Å². The molecule has 122 valence electrons. The van der Waals surface area contributed by atoms with Gasteiger partial charge in [0.05, 0.1) is 0 Å². The summed E-state index contributed by atoms with van der Waals surface area (Å²) in [6, 6.07) is 0.532. The van der Waals surface area contributed by atoms with Crippen molar-refractivity contribution in [3.8, 4) is 0 Å². The number of unbranched alkanes of at least 4 members (excludes halogenated alkanes) is 8. The van der Waals surface area contributed by atoms with Gasteiger partial charge in [-0.25, -0.2) is 0 Å². The minimum Gasteiger partial charge on any atom is -0.271 e. The second-order valence-electron chi connectivity index (χ2n) is 6.40. The minimum absolute atomic E-state index is 0.532. The molecule has 0 aromatic heterocycles. The van der Waals surface area contributed by atoms with Gasteiger partial charge in [0.2, 0.25) is 0 Å². The Morgan fingerprint density at radius 3 is 1.70 bits per heavy atom. The predicted octanol–water partition coefficient (Wildman–Crippen LogP) is 5.57. The maximum Gasteiger partial charge on any atom is 0.0213 e. The quantitative estimate of drug-likeness (QED) is 0.234. The maximum atomic E-state index is 5.69. The summed E-state index contributed by atoms with van der Waals surface area (Å²) in [5.41, 5.74) is 3.03. The molecule has 0 aliphatic heterocycles. The van der Waals surface area contributed by atoms with E-state index < -0.39 is 0 Å². The van der Waals surface area contributed by atoms with Crippen molar-refractivity contribution in [3.63, 3.8) is 0 Å². The first kappa shape index (κ1) is 19.9. The van der Waals surface area contributed by atoms with E-state index in [1.807, 2.05) is 0 Å². The molecule has 0 saturated heterocycles. The number of hydrazine groups is 1. The van der Waals surface area contributed by atoms with Crippen LogP contribution in [0.4, 0.5) is 0 Å². The smallest absolute Gasteiger partial charge is 0.0213 e.